The molecule has 1 fully saturated rings. The first-order valence-corrected chi connectivity index (χ1v) is 13.7. The van der Waals surface area contributed by atoms with E-state index in [4.69, 9.17) is 17.0 Å². The third-order valence-corrected chi connectivity index (χ3v) is 7.30. The number of anilines is 1. The highest BCUT2D eigenvalue weighted by Gasteiger charge is 2.31. The molecule has 1 heterocycles. The molecule has 0 radical (unpaired) electrons. The molecule has 0 aromatic heterocycles. The van der Waals surface area contributed by atoms with Crippen LogP contribution in [0.1, 0.15) is 38.2 Å². The van der Waals surface area contributed by atoms with Crippen LogP contribution in [0.5, 0.6) is 5.75 Å². The molecule has 0 unspecified atom stereocenters. The van der Waals surface area contributed by atoms with Gasteiger partial charge in [0.1, 0.15) is 10.1 Å². The van der Waals surface area contributed by atoms with Crippen molar-refractivity contribution in [2.24, 2.45) is 0 Å². The molecule has 37 heavy (non-hydrogen) atoms. The Labute approximate surface area is 227 Å². The van der Waals surface area contributed by atoms with Crippen LogP contribution < -0.4 is 10.1 Å². The van der Waals surface area contributed by atoms with Crippen molar-refractivity contribution >= 4 is 51.9 Å². The molecule has 0 aliphatic carbocycles. The van der Waals surface area contributed by atoms with Gasteiger partial charge in [0.2, 0.25) is 5.91 Å². The number of nitrogens with zero attached hydrogens (tertiary/aromatic N) is 1. The van der Waals surface area contributed by atoms with Gasteiger partial charge in [0, 0.05) is 18.7 Å². The van der Waals surface area contributed by atoms with Crippen LogP contribution in [0.2, 0.25) is 0 Å². The maximum atomic E-state index is 12.9. The quantitative estimate of drug-likeness (QED) is 0.162. The molecule has 2 amide bonds. The van der Waals surface area contributed by atoms with Crippen molar-refractivity contribution in [1.29, 1.82) is 0 Å². The van der Waals surface area contributed by atoms with Crippen molar-refractivity contribution in [3.05, 3.63) is 89.3 Å². The lowest BCUT2D eigenvalue weighted by molar-refractivity contribution is -0.122. The van der Waals surface area contributed by atoms with Crippen LogP contribution in [0, 0.1) is 0 Å². The van der Waals surface area contributed by atoms with Crippen molar-refractivity contribution in [3.63, 3.8) is 0 Å². The lowest BCUT2D eigenvalue weighted by Gasteiger charge is -2.14. The van der Waals surface area contributed by atoms with E-state index in [1.807, 2.05) is 67.6 Å². The molecule has 0 bridgehead atoms. The summed E-state index contributed by atoms with van der Waals surface area (Å²) in [5, 5.41) is 2.91. The molecule has 1 aliphatic heterocycles. The summed E-state index contributed by atoms with van der Waals surface area (Å²) in [5.74, 6) is 0.721. The highest BCUT2D eigenvalue weighted by molar-refractivity contribution is 8.26. The summed E-state index contributed by atoms with van der Waals surface area (Å²) in [5.41, 5.74) is 4.03. The first kappa shape index (κ1) is 26.6. The Bertz CT molecular complexity index is 1260. The summed E-state index contributed by atoms with van der Waals surface area (Å²) in [7, 11) is 0. The van der Waals surface area contributed by atoms with E-state index < -0.39 is 0 Å². The van der Waals surface area contributed by atoms with Gasteiger partial charge in [-0.15, -0.1) is 0 Å². The fourth-order valence-corrected chi connectivity index (χ4v) is 5.31. The van der Waals surface area contributed by atoms with Crippen molar-refractivity contribution in [2.45, 2.75) is 32.6 Å². The zero-order valence-corrected chi connectivity index (χ0v) is 22.4. The molecular weight excluding hydrogens is 500 g/mol. The van der Waals surface area contributed by atoms with Crippen molar-refractivity contribution < 1.29 is 14.3 Å². The molecule has 4 rings (SSSR count). The lowest BCUT2D eigenvalue weighted by atomic mass is 10.0. The topological polar surface area (TPSA) is 58.6 Å². The minimum atomic E-state index is -0.0459. The van der Waals surface area contributed by atoms with Gasteiger partial charge in [0.05, 0.1) is 11.5 Å². The minimum Gasteiger partial charge on any atom is -0.494 e. The average Bonchev–Trinajstić information content (AvgIpc) is 3.18. The maximum absolute atomic E-state index is 12.9. The number of benzene rings is 3. The van der Waals surface area contributed by atoms with Gasteiger partial charge in [-0.1, -0.05) is 85.0 Å². The molecule has 0 atom stereocenters. The van der Waals surface area contributed by atoms with E-state index in [-0.39, 0.29) is 11.8 Å². The summed E-state index contributed by atoms with van der Waals surface area (Å²) >= 11 is 6.81. The number of carbonyl (C=O) groups excluding carboxylic acids is 2. The van der Waals surface area contributed by atoms with E-state index in [0.717, 1.165) is 47.4 Å². The van der Waals surface area contributed by atoms with Gasteiger partial charge in [-0.3, -0.25) is 14.5 Å². The summed E-state index contributed by atoms with van der Waals surface area (Å²) in [6, 6.07) is 25.7. The fourth-order valence-electron chi connectivity index (χ4n) is 4.00. The average molecular weight is 531 g/mol. The number of amides is 2. The fraction of sp³-hybridized carbons (Fsp3) is 0.233. The van der Waals surface area contributed by atoms with Gasteiger partial charge < -0.3 is 10.1 Å². The number of nitrogens with one attached hydrogen (secondary N) is 1. The van der Waals surface area contributed by atoms with Gasteiger partial charge in [-0.2, -0.15) is 0 Å². The third-order valence-electron chi connectivity index (χ3n) is 5.92. The Kier molecular flexibility index (Phi) is 9.52. The van der Waals surface area contributed by atoms with Crippen LogP contribution in [0.3, 0.4) is 0 Å². The second kappa shape index (κ2) is 13.2. The molecule has 1 aliphatic rings. The Morgan fingerprint density at radius 2 is 1.65 bits per heavy atom. The predicted molar refractivity (Wildman–Crippen MR) is 156 cm³/mol. The number of thioether (sulfide) groups is 1. The maximum Gasteiger partial charge on any atom is 0.266 e. The Balaban J connectivity index is 1.20. The number of thiocarbonyl (C=S) groups is 1. The Morgan fingerprint density at radius 3 is 2.35 bits per heavy atom. The smallest absolute Gasteiger partial charge is 0.266 e. The van der Waals surface area contributed by atoms with E-state index in [2.05, 4.69) is 29.6 Å². The molecule has 3 aromatic rings. The van der Waals surface area contributed by atoms with E-state index in [1.54, 1.807) is 4.90 Å². The molecule has 3 aromatic carbocycles. The number of unbranched alkanes of at least 4 members (excludes halogenated alkanes) is 2. The molecule has 0 saturated carbocycles. The van der Waals surface area contributed by atoms with Crippen LogP contribution in [0.15, 0.2) is 83.8 Å². The highest BCUT2D eigenvalue weighted by atomic mass is 32.2. The van der Waals surface area contributed by atoms with Crippen molar-refractivity contribution in [3.8, 4) is 16.9 Å². The van der Waals surface area contributed by atoms with Gasteiger partial charge in [0.25, 0.3) is 5.91 Å². The number of hydrogen-bond donors (Lipinski definition) is 1. The summed E-state index contributed by atoms with van der Waals surface area (Å²) < 4.78 is 6.00. The molecule has 5 nitrogen and oxygen atoms in total. The summed E-state index contributed by atoms with van der Waals surface area (Å²) in [6.45, 7) is 3.11. The van der Waals surface area contributed by atoms with Crippen LogP contribution in [0.25, 0.3) is 17.2 Å². The highest BCUT2D eigenvalue weighted by Crippen LogP contribution is 2.33. The number of carbonyl (C=O) groups is 2. The molecule has 7 heteroatoms. The van der Waals surface area contributed by atoms with Gasteiger partial charge in [-0.25, -0.2) is 0 Å². The molecule has 1 N–H and O–H groups in total. The van der Waals surface area contributed by atoms with Gasteiger partial charge in [-0.05, 0) is 66.8 Å². The predicted octanol–water partition coefficient (Wildman–Crippen LogP) is 7.15. The SMILES string of the molecule is CCOc1ccc(NC(=O)CCCCCN2C(=O)/C(=C/c3ccc(-c4ccccc4)cc3)SC2=S)cc1. The zero-order chi connectivity index (χ0) is 26.0. The summed E-state index contributed by atoms with van der Waals surface area (Å²) in [6.07, 6.45) is 4.72. The first-order chi connectivity index (χ1) is 18.0. The number of hydrogen-bond acceptors (Lipinski definition) is 5. The molecular formula is C30H30N2O3S2. The molecule has 1 saturated heterocycles. The first-order valence-electron chi connectivity index (χ1n) is 12.5. The van der Waals surface area contributed by atoms with Crippen LogP contribution in [-0.2, 0) is 9.59 Å². The van der Waals surface area contributed by atoms with Gasteiger partial charge in [0.15, 0.2) is 0 Å². The van der Waals surface area contributed by atoms with Crippen LogP contribution in [-0.4, -0.2) is 34.2 Å². The molecule has 0 spiro atoms. The minimum absolute atomic E-state index is 0.0176. The van der Waals surface area contributed by atoms with Crippen LogP contribution >= 0.6 is 24.0 Å². The lowest BCUT2D eigenvalue weighted by Crippen LogP contribution is -2.29. The van der Waals surface area contributed by atoms with E-state index in [9.17, 15) is 9.59 Å². The second-order valence-corrected chi connectivity index (χ2v) is 10.3. The third kappa shape index (κ3) is 7.54. The van der Waals surface area contributed by atoms with Crippen molar-refractivity contribution in [2.75, 3.05) is 18.5 Å². The monoisotopic (exact) mass is 530 g/mol. The Hall–Kier alpha value is -3.42. The molecule has 190 valence electrons. The largest absolute Gasteiger partial charge is 0.494 e. The standard InChI is InChI=1S/C30H30N2O3S2/c1-2-35-26-18-16-25(17-19-26)31-28(33)11-7-4-8-20-32-29(34)27(37-30(32)36)21-22-12-14-24(15-13-22)23-9-5-3-6-10-23/h3,5-6,9-10,12-19,21H,2,4,7-8,11,20H2,1H3,(H,31,33)/b27-21-. The van der Waals surface area contributed by atoms with E-state index >= 15 is 0 Å². The number of rotatable bonds is 11. The van der Waals surface area contributed by atoms with E-state index in [1.165, 1.54) is 11.8 Å². The zero-order valence-electron chi connectivity index (χ0n) is 20.8. The van der Waals surface area contributed by atoms with Gasteiger partial charge >= 0.3 is 0 Å². The van der Waals surface area contributed by atoms with E-state index in [0.29, 0.717) is 28.8 Å². The second-order valence-electron chi connectivity index (χ2n) is 8.64. The van der Waals surface area contributed by atoms with Crippen LogP contribution in [0.4, 0.5) is 5.69 Å². The number of ether oxygens (including phenoxy) is 1. The van der Waals surface area contributed by atoms with Crippen molar-refractivity contribution in [1.82, 2.24) is 4.90 Å². The summed E-state index contributed by atoms with van der Waals surface area (Å²) in [4.78, 5) is 27.5. The Morgan fingerprint density at radius 1 is 0.946 bits per heavy atom. The normalized spacial score (nSPS) is 14.3.